The number of ether oxygens (including phenoxy) is 1. The number of carbonyl (C=O) groups is 2. The van der Waals surface area contributed by atoms with Crippen molar-refractivity contribution in [2.24, 2.45) is 0 Å². The first-order chi connectivity index (χ1) is 15.3. The minimum atomic E-state index is -0.991. The third kappa shape index (κ3) is 3.17. The van der Waals surface area contributed by atoms with Crippen LogP contribution in [0.25, 0.3) is 10.9 Å². The summed E-state index contributed by atoms with van der Waals surface area (Å²) < 4.78 is 32.9. The molecule has 1 aliphatic heterocycles. The number of fused-ring (bicyclic) bond motifs is 2. The Morgan fingerprint density at radius 3 is 2.81 bits per heavy atom. The van der Waals surface area contributed by atoms with E-state index in [2.05, 4.69) is 15.2 Å². The van der Waals surface area contributed by atoms with Gasteiger partial charge >= 0.3 is 0 Å². The van der Waals surface area contributed by atoms with Crippen LogP contribution < -0.4 is 0 Å². The number of methoxy groups -OCH3 is 1. The smallest absolute Gasteiger partial charge is 0.274 e. The Balaban J connectivity index is 1.39. The molecule has 2 aliphatic rings. The summed E-state index contributed by atoms with van der Waals surface area (Å²) in [5.41, 5.74) is 2.02. The van der Waals surface area contributed by atoms with Crippen molar-refractivity contribution in [3.8, 4) is 0 Å². The highest BCUT2D eigenvalue weighted by molar-refractivity contribution is 5.99. The maximum absolute atomic E-state index is 14.1. The monoisotopic (exact) mass is 443 g/mol. The molecule has 10 heteroatoms. The summed E-state index contributed by atoms with van der Waals surface area (Å²) in [6, 6.07) is 3.74. The van der Waals surface area contributed by atoms with E-state index >= 15 is 0 Å². The van der Waals surface area contributed by atoms with Crippen molar-refractivity contribution < 1.29 is 23.1 Å². The molecule has 0 bridgehead atoms. The first-order valence-electron chi connectivity index (χ1n) is 10.4. The average molecular weight is 443 g/mol. The van der Waals surface area contributed by atoms with Crippen molar-refractivity contribution in [3.63, 3.8) is 0 Å². The molecule has 0 spiro atoms. The molecule has 168 valence electrons. The maximum atomic E-state index is 14.1. The molecular formula is C22H23F2N5O3. The molecule has 1 aliphatic carbocycles. The van der Waals surface area contributed by atoms with Gasteiger partial charge in [-0.25, -0.2) is 8.78 Å². The van der Waals surface area contributed by atoms with E-state index in [0.717, 1.165) is 24.6 Å². The number of aromatic amines is 2. The van der Waals surface area contributed by atoms with E-state index in [-0.39, 0.29) is 35.0 Å². The van der Waals surface area contributed by atoms with Crippen LogP contribution in [-0.4, -0.2) is 69.6 Å². The normalized spacial score (nSPS) is 16.8. The highest BCUT2D eigenvalue weighted by Crippen LogP contribution is 2.42. The second-order valence-electron chi connectivity index (χ2n) is 8.53. The Kier molecular flexibility index (Phi) is 4.77. The van der Waals surface area contributed by atoms with Crippen molar-refractivity contribution in [2.75, 3.05) is 27.3 Å². The lowest BCUT2D eigenvalue weighted by atomic mass is 10.0. The third-order valence-electron chi connectivity index (χ3n) is 6.60. The number of halogens is 2. The molecule has 1 saturated carbocycles. The molecule has 32 heavy (non-hydrogen) atoms. The molecule has 3 heterocycles. The Morgan fingerprint density at radius 1 is 1.31 bits per heavy atom. The molecule has 0 radical (unpaired) electrons. The number of nitrogens with zero attached hydrogens (tertiary/aromatic N) is 3. The maximum Gasteiger partial charge on any atom is 0.274 e. The molecule has 8 nitrogen and oxygen atoms in total. The van der Waals surface area contributed by atoms with Gasteiger partial charge in [-0.05, 0) is 31.0 Å². The van der Waals surface area contributed by atoms with Crippen LogP contribution in [0.5, 0.6) is 0 Å². The highest BCUT2D eigenvalue weighted by atomic mass is 19.2. The molecule has 1 fully saturated rings. The molecule has 2 N–H and O–H groups in total. The number of H-pyrrole nitrogens is 2. The van der Waals surface area contributed by atoms with Gasteiger partial charge in [0.1, 0.15) is 5.69 Å². The Hall–Kier alpha value is -3.27. The predicted octanol–water partition coefficient (Wildman–Crippen LogP) is 2.62. The summed E-state index contributed by atoms with van der Waals surface area (Å²) in [5, 5.41) is 7.21. The van der Waals surface area contributed by atoms with Crippen LogP contribution in [0.15, 0.2) is 18.2 Å². The van der Waals surface area contributed by atoms with Gasteiger partial charge in [-0.15, -0.1) is 0 Å². The second-order valence-corrected chi connectivity index (χ2v) is 8.53. The minimum absolute atomic E-state index is 0.0275. The first kappa shape index (κ1) is 20.6. The minimum Gasteiger partial charge on any atom is -0.382 e. The van der Waals surface area contributed by atoms with Gasteiger partial charge in [0.2, 0.25) is 0 Å². The van der Waals surface area contributed by atoms with E-state index in [1.807, 2.05) is 0 Å². The van der Waals surface area contributed by atoms with Crippen LogP contribution in [0.2, 0.25) is 0 Å². The van der Waals surface area contributed by atoms with Gasteiger partial charge in [0.15, 0.2) is 17.3 Å². The summed E-state index contributed by atoms with van der Waals surface area (Å²) in [4.78, 5) is 32.4. The zero-order chi connectivity index (χ0) is 22.6. The van der Waals surface area contributed by atoms with Gasteiger partial charge in [-0.1, -0.05) is 0 Å². The van der Waals surface area contributed by atoms with E-state index in [4.69, 9.17) is 4.74 Å². The fourth-order valence-corrected chi connectivity index (χ4v) is 4.44. The number of hydrogen-bond donors (Lipinski definition) is 2. The van der Waals surface area contributed by atoms with Gasteiger partial charge in [-0.2, -0.15) is 5.10 Å². The van der Waals surface area contributed by atoms with E-state index in [1.54, 1.807) is 24.0 Å². The van der Waals surface area contributed by atoms with Crippen molar-refractivity contribution >= 4 is 22.7 Å². The first-order valence-corrected chi connectivity index (χ1v) is 10.4. The van der Waals surface area contributed by atoms with Crippen molar-refractivity contribution in [1.29, 1.82) is 0 Å². The summed E-state index contributed by atoms with van der Waals surface area (Å²) in [7, 11) is 3.36. The average Bonchev–Trinajstić information content (AvgIpc) is 3.26. The summed E-state index contributed by atoms with van der Waals surface area (Å²) >= 11 is 0. The summed E-state index contributed by atoms with van der Waals surface area (Å²) in [6.45, 7) is 1.07. The molecule has 5 rings (SSSR count). The molecule has 1 aromatic carbocycles. The number of nitrogens with one attached hydrogen (secondary N) is 2. The summed E-state index contributed by atoms with van der Waals surface area (Å²) in [5.74, 6) is -2.52. The fourth-order valence-electron chi connectivity index (χ4n) is 4.44. The van der Waals surface area contributed by atoms with Gasteiger partial charge in [0.25, 0.3) is 11.8 Å². The quantitative estimate of drug-likeness (QED) is 0.634. The number of likely N-dealkylation sites (N-methyl/N-ethyl adjacent to an activating group) is 1. The van der Waals surface area contributed by atoms with E-state index in [9.17, 15) is 18.4 Å². The van der Waals surface area contributed by atoms with Crippen molar-refractivity contribution in [2.45, 2.75) is 31.3 Å². The molecule has 3 aromatic rings. The second kappa shape index (κ2) is 7.40. The number of hydrogen-bond acceptors (Lipinski definition) is 4. The summed E-state index contributed by atoms with van der Waals surface area (Å²) in [6.07, 6.45) is 2.26. The fraction of sp³-hybridized carbons (Fsp3) is 0.409. The standard InChI is InChI=1S/C22H23F2N5O3/c1-28(22(6-7-22)11-32-2)21(31)19-13-10-29(8-5-16(13)26-27-19)20(30)17-9-12-15(25-17)4-3-14(23)18(12)24/h3-4,9,25H,5-8,10-11H2,1-2H3,(H,26,27). The SMILES string of the molecule is COCC1(N(C)C(=O)c2n[nH]c3c2CN(C(=O)c2cc4c(F)c(F)ccc4[nH]2)CC3)CC1. The van der Waals surface area contributed by atoms with E-state index in [0.29, 0.717) is 36.3 Å². The van der Waals surface area contributed by atoms with Crippen LogP contribution in [-0.2, 0) is 17.7 Å². The molecule has 0 saturated heterocycles. The van der Waals surface area contributed by atoms with E-state index < -0.39 is 11.6 Å². The van der Waals surface area contributed by atoms with Gasteiger partial charge < -0.3 is 19.5 Å². The van der Waals surface area contributed by atoms with Crippen LogP contribution in [0.1, 0.15) is 45.1 Å². The van der Waals surface area contributed by atoms with Crippen LogP contribution >= 0.6 is 0 Å². The van der Waals surface area contributed by atoms with Crippen LogP contribution in [0, 0.1) is 11.6 Å². The van der Waals surface area contributed by atoms with E-state index in [1.165, 1.54) is 12.1 Å². The number of carbonyl (C=O) groups excluding carboxylic acids is 2. The van der Waals surface area contributed by atoms with Crippen LogP contribution in [0.3, 0.4) is 0 Å². The molecule has 2 aromatic heterocycles. The van der Waals surface area contributed by atoms with Crippen molar-refractivity contribution in [1.82, 2.24) is 25.0 Å². The lowest BCUT2D eigenvalue weighted by Crippen LogP contribution is -2.43. The molecule has 0 unspecified atom stereocenters. The molecular weight excluding hydrogens is 420 g/mol. The van der Waals surface area contributed by atoms with Crippen molar-refractivity contribution in [3.05, 3.63) is 52.5 Å². The molecule has 2 amide bonds. The van der Waals surface area contributed by atoms with Gasteiger partial charge in [-0.3, -0.25) is 14.7 Å². The predicted molar refractivity (Wildman–Crippen MR) is 111 cm³/mol. The lowest BCUT2D eigenvalue weighted by Gasteiger charge is -2.29. The third-order valence-corrected chi connectivity index (χ3v) is 6.60. The Labute approximate surface area is 182 Å². The topological polar surface area (TPSA) is 94.3 Å². The largest absolute Gasteiger partial charge is 0.382 e. The number of rotatable bonds is 5. The Morgan fingerprint density at radius 2 is 2.09 bits per heavy atom. The Bertz CT molecular complexity index is 1230. The zero-order valence-corrected chi connectivity index (χ0v) is 17.8. The number of benzene rings is 1. The van der Waals surface area contributed by atoms with Gasteiger partial charge in [0, 0.05) is 49.3 Å². The number of amides is 2. The lowest BCUT2D eigenvalue weighted by molar-refractivity contribution is 0.0541. The number of aromatic nitrogens is 3. The molecule has 0 atom stereocenters. The van der Waals surface area contributed by atoms with Gasteiger partial charge in [0.05, 0.1) is 18.7 Å². The highest BCUT2D eigenvalue weighted by Gasteiger charge is 2.49. The van der Waals surface area contributed by atoms with Crippen LogP contribution in [0.4, 0.5) is 8.78 Å². The zero-order valence-electron chi connectivity index (χ0n) is 17.8.